The van der Waals surface area contributed by atoms with E-state index in [9.17, 15) is 29.7 Å². The van der Waals surface area contributed by atoms with Crippen molar-refractivity contribution in [2.75, 3.05) is 6.54 Å². The number of unbranched alkanes of at least 4 members (excludes halogenated alkanes) is 10. The van der Waals surface area contributed by atoms with Gasteiger partial charge < -0.3 is 15.3 Å². The maximum absolute atomic E-state index is 12.5. The third-order valence-electron chi connectivity index (χ3n) is 7.85. The molecule has 0 rings (SSSR count). The van der Waals surface area contributed by atoms with Gasteiger partial charge in [-0.05, 0) is 51.4 Å². The van der Waals surface area contributed by atoms with Gasteiger partial charge in [0.1, 0.15) is 0 Å². The number of allylic oxidation sites excluding steroid dienone is 2. The highest BCUT2D eigenvalue weighted by Gasteiger charge is 2.56. The SMILES string of the molecule is CC/C=C/CCCCCCCCCCCC[N+](C(CCC)C(=O)O)(C(CCC)C(=O)O)C(CCC)C(=O)O. The summed E-state index contributed by atoms with van der Waals surface area (Å²) in [4.78, 5) is 37.6. The van der Waals surface area contributed by atoms with Gasteiger partial charge in [0, 0.05) is 19.3 Å². The molecular weight excluding hydrogens is 482 g/mol. The van der Waals surface area contributed by atoms with Crippen LogP contribution in [0.4, 0.5) is 0 Å². The van der Waals surface area contributed by atoms with Crippen LogP contribution in [0, 0.1) is 0 Å². The normalized spacial score (nSPS) is 15.7. The maximum atomic E-state index is 12.5. The van der Waals surface area contributed by atoms with Crippen LogP contribution < -0.4 is 0 Å². The molecule has 0 aromatic heterocycles. The molecular formula is C31H58NO6+. The Kier molecular flexibility index (Phi) is 20.9. The molecule has 0 aliphatic carbocycles. The molecule has 222 valence electrons. The minimum Gasteiger partial charge on any atom is -0.477 e. The van der Waals surface area contributed by atoms with E-state index >= 15 is 0 Å². The Morgan fingerprint density at radius 3 is 1.21 bits per heavy atom. The summed E-state index contributed by atoms with van der Waals surface area (Å²) in [5.41, 5.74) is 0. The third kappa shape index (κ3) is 12.8. The van der Waals surface area contributed by atoms with Crippen molar-refractivity contribution >= 4 is 17.9 Å². The lowest BCUT2D eigenvalue weighted by atomic mass is 9.91. The number of carboxylic acid groups (broad SMARTS) is 3. The van der Waals surface area contributed by atoms with Crippen LogP contribution in [0.5, 0.6) is 0 Å². The zero-order valence-electron chi connectivity index (χ0n) is 24.8. The van der Waals surface area contributed by atoms with Gasteiger partial charge in [-0.2, -0.15) is 0 Å². The monoisotopic (exact) mass is 540 g/mol. The van der Waals surface area contributed by atoms with Crippen LogP contribution in [0.15, 0.2) is 12.2 Å². The Bertz CT molecular complexity index is 617. The fourth-order valence-electron chi connectivity index (χ4n) is 5.99. The first-order valence-corrected chi connectivity index (χ1v) is 15.4. The second-order valence-electron chi connectivity index (χ2n) is 10.9. The lowest BCUT2D eigenvalue weighted by Gasteiger charge is -2.50. The van der Waals surface area contributed by atoms with Crippen LogP contribution in [-0.2, 0) is 14.4 Å². The van der Waals surface area contributed by atoms with Gasteiger partial charge >= 0.3 is 17.9 Å². The molecule has 0 aliphatic heterocycles. The lowest BCUT2D eigenvalue weighted by molar-refractivity contribution is -0.973. The number of hydrogen-bond acceptors (Lipinski definition) is 3. The fraction of sp³-hybridized carbons (Fsp3) is 0.839. The number of carboxylic acids is 3. The van der Waals surface area contributed by atoms with Crippen LogP contribution in [-0.4, -0.2) is 62.4 Å². The van der Waals surface area contributed by atoms with Crippen LogP contribution in [0.2, 0.25) is 0 Å². The number of hydrogen-bond donors (Lipinski definition) is 3. The highest BCUT2D eigenvalue weighted by atomic mass is 16.4. The van der Waals surface area contributed by atoms with E-state index < -0.39 is 36.0 Å². The fourth-order valence-corrected chi connectivity index (χ4v) is 5.99. The second kappa shape index (κ2) is 22.0. The van der Waals surface area contributed by atoms with Gasteiger partial charge in [0.15, 0.2) is 18.1 Å². The number of aliphatic carboxylic acids is 3. The van der Waals surface area contributed by atoms with Crippen molar-refractivity contribution in [2.45, 2.75) is 161 Å². The Morgan fingerprint density at radius 1 is 0.553 bits per heavy atom. The molecule has 0 saturated carbocycles. The molecule has 7 nitrogen and oxygen atoms in total. The van der Waals surface area contributed by atoms with Crippen LogP contribution in [0.3, 0.4) is 0 Å². The van der Waals surface area contributed by atoms with Crippen molar-refractivity contribution in [2.24, 2.45) is 0 Å². The molecule has 0 aromatic rings. The van der Waals surface area contributed by atoms with Crippen molar-refractivity contribution in [3.05, 3.63) is 12.2 Å². The van der Waals surface area contributed by atoms with E-state index in [4.69, 9.17) is 0 Å². The van der Waals surface area contributed by atoms with E-state index in [1.54, 1.807) is 0 Å². The maximum Gasteiger partial charge on any atom is 0.362 e. The van der Waals surface area contributed by atoms with Gasteiger partial charge in [-0.25, -0.2) is 14.4 Å². The van der Waals surface area contributed by atoms with E-state index in [0.29, 0.717) is 25.7 Å². The topological polar surface area (TPSA) is 112 Å². The molecule has 38 heavy (non-hydrogen) atoms. The quantitative estimate of drug-likeness (QED) is 0.0586. The average molecular weight is 541 g/mol. The molecule has 0 saturated heterocycles. The standard InChI is InChI=1S/C31H57NO6/c1-5-9-10-11-12-13-14-15-16-17-18-19-20-21-25-32(26(22-6-2)29(33)34,27(23-7-3)30(35)36)28(24-8-4)31(37)38/h9-10,26-28H,5-8,11-25H2,1-4H3,(H2-,33,34,35,36,37,38)/p+1/b10-9+. The molecule has 3 unspecified atom stereocenters. The largest absolute Gasteiger partial charge is 0.477 e. The van der Waals surface area contributed by atoms with E-state index in [1.807, 2.05) is 20.8 Å². The molecule has 0 amide bonds. The predicted octanol–water partition coefficient (Wildman–Crippen LogP) is 7.82. The molecule has 0 aliphatic rings. The molecule has 7 heteroatoms. The molecule has 0 spiro atoms. The summed E-state index contributed by atoms with van der Waals surface area (Å²) < 4.78 is -0.372. The van der Waals surface area contributed by atoms with Gasteiger partial charge in [0.25, 0.3) is 0 Å². The van der Waals surface area contributed by atoms with E-state index in [0.717, 1.165) is 25.7 Å². The predicted molar refractivity (Wildman–Crippen MR) is 154 cm³/mol. The average Bonchev–Trinajstić information content (AvgIpc) is 2.87. The molecule has 0 bridgehead atoms. The highest BCUT2D eigenvalue weighted by Crippen LogP contribution is 2.34. The first-order chi connectivity index (χ1) is 18.2. The molecule has 3 atom stereocenters. The third-order valence-corrected chi connectivity index (χ3v) is 7.85. The van der Waals surface area contributed by atoms with Crippen LogP contribution in [0.25, 0.3) is 0 Å². The summed E-state index contributed by atoms with van der Waals surface area (Å²) >= 11 is 0. The number of nitrogens with zero attached hydrogens (tertiary/aromatic N) is 1. The Labute approximate surface area is 232 Å². The minimum atomic E-state index is -1.09. The number of rotatable bonds is 26. The van der Waals surface area contributed by atoms with Gasteiger partial charge in [-0.3, -0.25) is 4.48 Å². The zero-order chi connectivity index (χ0) is 28.8. The second-order valence-corrected chi connectivity index (χ2v) is 10.9. The van der Waals surface area contributed by atoms with Gasteiger partial charge in [0.05, 0.1) is 6.54 Å². The van der Waals surface area contributed by atoms with Gasteiger partial charge in [-0.1, -0.05) is 84.8 Å². The highest BCUT2D eigenvalue weighted by molar-refractivity contribution is 5.78. The number of carbonyl (C=O) groups is 3. The molecule has 0 radical (unpaired) electrons. The van der Waals surface area contributed by atoms with Crippen molar-refractivity contribution in [1.29, 1.82) is 0 Å². The minimum absolute atomic E-state index is 0.269. The van der Waals surface area contributed by atoms with E-state index in [2.05, 4.69) is 19.1 Å². The Hall–Kier alpha value is -1.89. The first kappa shape index (κ1) is 36.1. The number of quaternary nitrogens is 1. The lowest BCUT2D eigenvalue weighted by Crippen LogP contribution is -2.72. The summed E-state index contributed by atoms with van der Waals surface area (Å²) in [6.07, 6.45) is 20.3. The summed E-state index contributed by atoms with van der Waals surface area (Å²) in [6.45, 7) is 8.05. The summed E-state index contributed by atoms with van der Waals surface area (Å²) in [5.74, 6) is -3.26. The van der Waals surface area contributed by atoms with Crippen molar-refractivity contribution in [3.8, 4) is 0 Å². The van der Waals surface area contributed by atoms with Gasteiger partial charge in [0.2, 0.25) is 0 Å². The van der Waals surface area contributed by atoms with Crippen molar-refractivity contribution < 1.29 is 34.2 Å². The van der Waals surface area contributed by atoms with Crippen molar-refractivity contribution in [1.82, 2.24) is 0 Å². The van der Waals surface area contributed by atoms with Crippen LogP contribution >= 0.6 is 0 Å². The Morgan fingerprint density at radius 2 is 0.895 bits per heavy atom. The molecule has 3 N–H and O–H groups in total. The Balaban J connectivity index is 5.30. The summed E-state index contributed by atoms with van der Waals surface area (Å²) in [7, 11) is 0. The smallest absolute Gasteiger partial charge is 0.362 e. The van der Waals surface area contributed by atoms with E-state index in [-0.39, 0.29) is 30.3 Å². The first-order valence-electron chi connectivity index (χ1n) is 15.4. The zero-order valence-corrected chi connectivity index (χ0v) is 24.8. The summed E-state index contributed by atoms with van der Waals surface area (Å²) in [6, 6.07) is -3.13. The molecule has 0 heterocycles. The van der Waals surface area contributed by atoms with Gasteiger partial charge in [-0.15, -0.1) is 0 Å². The molecule has 0 aromatic carbocycles. The van der Waals surface area contributed by atoms with E-state index in [1.165, 1.54) is 44.9 Å². The molecule has 0 fully saturated rings. The van der Waals surface area contributed by atoms with Crippen molar-refractivity contribution in [3.63, 3.8) is 0 Å². The summed E-state index contributed by atoms with van der Waals surface area (Å²) in [5, 5.41) is 30.7. The van der Waals surface area contributed by atoms with Crippen LogP contribution in [0.1, 0.15) is 143 Å².